The summed E-state index contributed by atoms with van der Waals surface area (Å²) in [5.74, 6) is 4.78. The Morgan fingerprint density at radius 3 is 2.45 bits per heavy atom. The first kappa shape index (κ1) is 13.1. The van der Waals surface area contributed by atoms with E-state index in [9.17, 15) is 4.79 Å². The molecule has 4 aliphatic carbocycles. The van der Waals surface area contributed by atoms with Crippen LogP contribution in [-0.2, 0) is 4.79 Å². The Kier molecular flexibility index (Phi) is 3.10. The van der Waals surface area contributed by atoms with E-state index >= 15 is 0 Å². The molecule has 0 aromatic rings. The highest BCUT2D eigenvalue weighted by molar-refractivity contribution is 5.83. The second-order valence-corrected chi connectivity index (χ2v) is 7.63. The van der Waals surface area contributed by atoms with E-state index in [0.29, 0.717) is 23.8 Å². The summed E-state index contributed by atoms with van der Waals surface area (Å²) in [6, 6.07) is 0.441. The zero-order valence-electron chi connectivity index (χ0n) is 12.6. The van der Waals surface area contributed by atoms with Gasteiger partial charge in [0.05, 0.1) is 0 Å². The quantitative estimate of drug-likeness (QED) is 0.856. The van der Waals surface area contributed by atoms with E-state index in [0.717, 1.165) is 36.8 Å². The van der Waals surface area contributed by atoms with Gasteiger partial charge in [0.2, 0.25) is 5.91 Å². The summed E-state index contributed by atoms with van der Waals surface area (Å²) in [4.78, 5) is 15.2. The average Bonchev–Trinajstić information content (AvgIpc) is 2.85. The molecule has 0 aromatic heterocycles. The van der Waals surface area contributed by atoms with Crippen molar-refractivity contribution in [2.45, 2.75) is 51.5 Å². The van der Waals surface area contributed by atoms with Gasteiger partial charge >= 0.3 is 0 Å². The smallest absolute Gasteiger partial charge is 0.226 e. The number of hydrogen-bond donors (Lipinski definition) is 1. The van der Waals surface area contributed by atoms with Gasteiger partial charge in [-0.25, -0.2) is 0 Å². The highest BCUT2D eigenvalue weighted by atomic mass is 16.2. The summed E-state index contributed by atoms with van der Waals surface area (Å²) in [5, 5.41) is 0. The maximum atomic E-state index is 13.0. The molecule has 0 aromatic carbocycles. The maximum absolute atomic E-state index is 13.0. The predicted molar refractivity (Wildman–Crippen MR) is 78.9 cm³/mol. The molecule has 4 aliphatic rings. The molecule has 2 N–H and O–H groups in total. The molecule has 6 unspecified atom stereocenters. The van der Waals surface area contributed by atoms with Gasteiger partial charge in [0.25, 0.3) is 0 Å². The first-order chi connectivity index (χ1) is 9.76. The zero-order valence-corrected chi connectivity index (χ0v) is 12.6. The molecular formula is C17H28N2O. The van der Waals surface area contributed by atoms with Crippen molar-refractivity contribution in [3.8, 4) is 0 Å². The lowest BCUT2D eigenvalue weighted by Gasteiger charge is -2.32. The monoisotopic (exact) mass is 276 g/mol. The van der Waals surface area contributed by atoms with Crippen molar-refractivity contribution < 1.29 is 4.79 Å². The van der Waals surface area contributed by atoms with Gasteiger partial charge in [0.15, 0.2) is 0 Å². The molecular weight excluding hydrogens is 248 g/mol. The minimum absolute atomic E-state index is 0.403. The van der Waals surface area contributed by atoms with Gasteiger partial charge in [-0.2, -0.15) is 0 Å². The standard InChI is InChI=1S/C17H28N2O/c1-2-19(13-5-3-4-12(13)9-18)17(20)16-14-10-6-7-11(8-10)15(14)16/h10-16H,2-9,18H2,1H3. The van der Waals surface area contributed by atoms with Crippen molar-refractivity contribution in [3.63, 3.8) is 0 Å². The highest BCUT2D eigenvalue weighted by Gasteiger charge is 2.68. The van der Waals surface area contributed by atoms with Crippen molar-refractivity contribution in [2.75, 3.05) is 13.1 Å². The molecule has 0 saturated heterocycles. The zero-order chi connectivity index (χ0) is 13.9. The van der Waals surface area contributed by atoms with Crippen LogP contribution in [0.15, 0.2) is 0 Å². The number of hydrogen-bond acceptors (Lipinski definition) is 2. The Morgan fingerprint density at radius 1 is 1.15 bits per heavy atom. The van der Waals surface area contributed by atoms with Crippen LogP contribution >= 0.6 is 0 Å². The Hall–Kier alpha value is -0.570. The van der Waals surface area contributed by atoms with Gasteiger partial charge in [-0.3, -0.25) is 4.79 Å². The summed E-state index contributed by atoms with van der Waals surface area (Å²) in [7, 11) is 0. The van der Waals surface area contributed by atoms with Crippen molar-refractivity contribution in [3.05, 3.63) is 0 Å². The summed E-state index contributed by atoms with van der Waals surface area (Å²) < 4.78 is 0. The van der Waals surface area contributed by atoms with Crippen LogP contribution < -0.4 is 5.73 Å². The van der Waals surface area contributed by atoms with E-state index in [1.54, 1.807) is 0 Å². The fourth-order valence-electron chi connectivity index (χ4n) is 6.10. The van der Waals surface area contributed by atoms with E-state index in [1.165, 1.54) is 38.5 Å². The number of nitrogens with two attached hydrogens (primary N) is 1. The minimum Gasteiger partial charge on any atom is -0.339 e. The molecule has 0 heterocycles. The van der Waals surface area contributed by atoms with Crippen molar-refractivity contribution in [2.24, 2.45) is 41.2 Å². The maximum Gasteiger partial charge on any atom is 0.226 e. The van der Waals surface area contributed by atoms with Crippen LogP contribution in [0.25, 0.3) is 0 Å². The molecule has 0 radical (unpaired) electrons. The number of amides is 1. The number of fused-ring (bicyclic) bond motifs is 5. The van der Waals surface area contributed by atoms with Crippen molar-refractivity contribution in [1.29, 1.82) is 0 Å². The molecule has 4 fully saturated rings. The lowest BCUT2D eigenvalue weighted by molar-refractivity contribution is -0.136. The Morgan fingerprint density at radius 2 is 1.85 bits per heavy atom. The Balaban J connectivity index is 1.47. The van der Waals surface area contributed by atoms with Crippen LogP contribution in [0.3, 0.4) is 0 Å². The van der Waals surface area contributed by atoms with Crippen LogP contribution in [0.2, 0.25) is 0 Å². The van der Waals surface area contributed by atoms with Crippen molar-refractivity contribution >= 4 is 5.91 Å². The summed E-state index contributed by atoms with van der Waals surface area (Å²) in [6.07, 6.45) is 7.87. The second-order valence-electron chi connectivity index (χ2n) is 7.63. The van der Waals surface area contributed by atoms with E-state index in [2.05, 4.69) is 11.8 Å². The molecule has 3 heteroatoms. The van der Waals surface area contributed by atoms with Gasteiger partial charge in [0, 0.05) is 18.5 Å². The van der Waals surface area contributed by atoms with E-state index < -0.39 is 0 Å². The van der Waals surface area contributed by atoms with Crippen molar-refractivity contribution in [1.82, 2.24) is 4.90 Å². The molecule has 3 nitrogen and oxygen atoms in total. The highest BCUT2D eigenvalue weighted by Crippen LogP contribution is 2.69. The third-order valence-corrected chi connectivity index (χ3v) is 6.97. The number of carbonyl (C=O) groups excluding carboxylic acids is 1. The van der Waals surface area contributed by atoms with Gasteiger partial charge in [-0.1, -0.05) is 6.42 Å². The van der Waals surface area contributed by atoms with Crippen LogP contribution in [0.4, 0.5) is 0 Å². The van der Waals surface area contributed by atoms with Gasteiger partial charge in [-0.05, 0) is 75.2 Å². The summed E-state index contributed by atoms with van der Waals surface area (Å²) >= 11 is 0. The SMILES string of the molecule is CCN(C(=O)C1C2C3CCC(C3)C12)C1CCCC1CN. The van der Waals surface area contributed by atoms with Crippen LogP contribution in [0, 0.1) is 35.5 Å². The van der Waals surface area contributed by atoms with Crippen LogP contribution in [0.1, 0.15) is 45.4 Å². The Bertz CT molecular complexity index is 394. The lowest BCUT2D eigenvalue weighted by atomic mass is 9.98. The molecule has 4 rings (SSSR count). The Labute approximate surface area is 122 Å². The van der Waals surface area contributed by atoms with E-state index in [1.807, 2.05) is 0 Å². The van der Waals surface area contributed by atoms with E-state index in [-0.39, 0.29) is 0 Å². The molecule has 6 atom stereocenters. The first-order valence-corrected chi connectivity index (χ1v) is 8.76. The van der Waals surface area contributed by atoms with Gasteiger partial charge in [0.1, 0.15) is 0 Å². The molecule has 1 amide bonds. The predicted octanol–water partition coefficient (Wildman–Crippen LogP) is 2.25. The number of rotatable bonds is 4. The largest absolute Gasteiger partial charge is 0.339 e. The fourth-order valence-corrected chi connectivity index (χ4v) is 6.10. The minimum atomic E-state index is 0.403. The molecule has 0 aliphatic heterocycles. The molecule has 0 spiro atoms. The summed E-state index contributed by atoms with van der Waals surface area (Å²) in [5.41, 5.74) is 5.92. The van der Waals surface area contributed by atoms with E-state index in [4.69, 9.17) is 5.73 Å². The lowest BCUT2D eigenvalue weighted by Crippen LogP contribution is -2.45. The van der Waals surface area contributed by atoms with Gasteiger partial charge in [-0.15, -0.1) is 0 Å². The average molecular weight is 276 g/mol. The fraction of sp³-hybridized carbons (Fsp3) is 0.941. The third-order valence-electron chi connectivity index (χ3n) is 6.97. The number of carbonyl (C=O) groups is 1. The molecule has 20 heavy (non-hydrogen) atoms. The second kappa shape index (κ2) is 4.72. The topological polar surface area (TPSA) is 46.3 Å². The molecule has 2 bridgehead atoms. The third kappa shape index (κ3) is 1.71. The van der Waals surface area contributed by atoms with Gasteiger partial charge < -0.3 is 10.6 Å². The van der Waals surface area contributed by atoms with Crippen LogP contribution in [-0.4, -0.2) is 29.9 Å². The van der Waals surface area contributed by atoms with Crippen LogP contribution in [0.5, 0.6) is 0 Å². The normalized spacial score (nSPS) is 48.4. The first-order valence-electron chi connectivity index (χ1n) is 8.76. The molecule has 112 valence electrons. The molecule has 4 saturated carbocycles. The summed E-state index contributed by atoms with van der Waals surface area (Å²) in [6.45, 7) is 3.78. The number of nitrogens with zero attached hydrogens (tertiary/aromatic N) is 1.